The van der Waals surface area contributed by atoms with Gasteiger partial charge in [0.15, 0.2) is 6.23 Å². The summed E-state index contributed by atoms with van der Waals surface area (Å²) in [4.78, 5) is 0. The third-order valence-corrected chi connectivity index (χ3v) is 5.45. The number of aromatic hydroxyl groups is 1. The van der Waals surface area contributed by atoms with Crippen molar-refractivity contribution in [3.05, 3.63) is 59.2 Å². The first-order valence-corrected chi connectivity index (χ1v) is 9.97. The molecule has 0 aliphatic carbocycles. The molecule has 1 N–H and O–H groups in total. The third-order valence-electron chi connectivity index (χ3n) is 4.81. The molecule has 0 bridgehead atoms. The predicted molar refractivity (Wildman–Crippen MR) is 102 cm³/mol. The van der Waals surface area contributed by atoms with Gasteiger partial charge >= 0.3 is 0 Å². The Morgan fingerprint density at radius 2 is 2.12 bits per heavy atom. The number of rotatable bonds is 4. The van der Waals surface area contributed by atoms with Crippen molar-refractivity contribution in [1.29, 1.82) is 0 Å². The molecule has 0 fully saturated rings. The van der Waals surface area contributed by atoms with Gasteiger partial charge in [-0.3, -0.25) is 5.01 Å². The van der Waals surface area contributed by atoms with E-state index in [9.17, 15) is 5.11 Å². The highest BCUT2D eigenvalue weighted by Gasteiger charge is 2.40. The quantitative estimate of drug-likeness (QED) is 0.888. The van der Waals surface area contributed by atoms with Gasteiger partial charge in [0.25, 0.3) is 0 Å². The molecule has 0 saturated carbocycles. The number of phenols is 1. The normalized spacial score (nSPS) is 21.4. The smallest absolute Gasteiger partial charge is 0.188 e. The van der Waals surface area contributed by atoms with Crippen LogP contribution >= 0.6 is 11.8 Å². The van der Waals surface area contributed by atoms with Gasteiger partial charge in [-0.15, -0.1) is 0 Å². The fourth-order valence-corrected chi connectivity index (χ4v) is 4.00. The maximum atomic E-state index is 10.3. The minimum atomic E-state index is -0.0585. The second-order valence-corrected chi connectivity index (χ2v) is 7.54. The van der Waals surface area contributed by atoms with Crippen LogP contribution in [0.3, 0.4) is 0 Å². The molecule has 0 radical (unpaired) electrons. The minimum absolute atomic E-state index is 0.0585. The van der Waals surface area contributed by atoms with Gasteiger partial charge in [0.1, 0.15) is 11.5 Å². The zero-order chi connectivity index (χ0) is 17.4. The van der Waals surface area contributed by atoms with Crippen molar-refractivity contribution in [2.75, 3.05) is 12.0 Å². The summed E-state index contributed by atoms with van der Waals surface area (Å²) in [6.07, 6.45) is 3.75. The molecule has 0 unspecified atom stereocenters. The van der Waals surface area contributed by atoms with Crippen LogP contribution in [0.4, 0.5) is 0 Å². The number of hydrazone groups is 1. The average molecular weight is 354 g/mol. The molecule has 2 atom stereocenters. The maximum Gasteiger partial charge on any atom is 0.188 e. The Hall–Kier alpha value is -2.14. The molecule has 2 heterocycles. The fraction of sp³-hybridized carbons (Fsp3) is 0.350. The Labute approximate surface area is 152 Å². The Kier molecular flexibility index (Phi) is 4.34. The van der Waals surface area contributed by atoms with Crippen molar-refractivity contribution < 1.29 is 9.84 Å². The number of ether oxygens (including phenoxy) is 1. The molecular formula is C20H22N2O2S. The third kappa shape index (κ3) is 2.97. The summed E-state index contributed by atoms with van der Waals surface area (Å²) >= 11 is 1.82. The number of thioether (sulfide) groups is 1. The number of hydrogen-bond donors (Lipinski definition) is 1. The topological polar surface area (TPSA) is 45.1 Å². The van der Waals surface area contributed by atoms with E-state index >= 15 is 0 Å². The fourth-order valence-electron chi connectivity index (χ4n) is 3.56. The number of phenolic OH excluding ortho intramolecular Hbond substituents is 1. The molecule has 2 aliphatic rings. The number of aryl methyl sites for hydroxylation is 1. The maximum absolute atomic E-state index is 10.3. The number of benzene rings is 2. The lowest BCUT2D eigenvalue weighted by molar-refractivity contribution is -0.0180. The van der Waals surface area contributed by atoms with Gasteiger partial charge in [-0.25, -0.2) is 0 Å². The van der Waals surface area contributed by atoms with Crippen LogP contribution < -0.4 is 4.74 Å². The van der Waals surface area contributed by atoms with E-state index in [4.69, 9.17) is 9.84 Å². The second kappa shape index (κ2) is 6.64. The van der Waals surface area contributed by atoms with Crippen LogP contribution in [0.1, 0.15) is 35.6 Å². The van der Waals surface area contributed by atoms with E-state index in [0.29, 0.717) is 5.75 Å². The average Bonchev–Trinajstić information content (AvgIpc) is 3.07. The molecule has 4 nitrogen and oxygen atoms in total. The Bertz CT molecular complexity index is 821. The van der Waals surface area contributed by atoms with Crippen molar-refractivity contribution in [1.82, 2.24) is 5.01 Å². The van der Waals surface area contributed by atoms with E-state index in [-0.39, 0.29) is 12.3 Å². The summed E-state index contributed by atoms with van der Waals surface area (Å²) < 4.78 is 6.23. The van der Waals surface area contributed by atoms with E-state index in [1.54, 1.807) is 6.07 Å². The molecule has 0 saturated heterocycles. The summed E-state index contributed by atoms with van der Waals surface area (Å²) in [5, 5.41) is 17.3. The second-order valence-electron chi connectivity index (χ2n) is 6.56. The van der Waals surface area contributed by atoms with Gasteiger partial charge in [-0.1, -0.05) is 29.8 Å². The number of para-hydroxylation sites is 1. The first kappa shape index (κ1) is 16.3. The van der Waals surface area contributed by atoms with Crippen LogP contribution in [0.15, 0.2) is 47.6 Å². The number of hydrogen-bond acceptors (Lipinski definition) is 5. The van der Waals surface area contributed by atoms with Gasteiger partial charge in [0, 0.05) is 24.0 Å². The van der Waals surface area contributed by atoms with Gasteiger partial charge in [0.2, 0.25) is 0 Å². The molecule has 0 spiro atoms. The Balaban J connectivity index is 1.72. The van der Waals surface area contributed by atoms with Crippen LogP contribution in [0.5, 0.6) is 11.5 Å². The highest BCUT2D eigenvalue weighted by Crippen LogP contribution is 2.44. The lowest BCUT2D eigenvalue weighted by Gasteiger charge is -2.38. The SMILES string of the molecule is CSCC[C@@H]1Oc2ccccc2[C@@H]2CC(c3cc(C)ccc3O)=NN12. The molecule has 5 heteroatoms. The summed E-state index contributed by atoms with van der Waals surface area (Å²) in [6.45, 7) is 2.03. The number of nitrogens with zero attached hydrogens (tertiary/aromatic N) is 2. The zero-order valence-electron chi connectivity index (χ0n) is 14.5. The lowest BCUT2D eigenvalue weighted by Crippen LogP contribution is -2.40. The minimum Gasteiger partial charge on any atom is -0.507 e. The standard InChI is InChI=1S/C20H22N2O2S/c1-13-7-8-18(23)15(11-13)16-12-17-14-5-3-4-6-19(14)24-20(9-10-25-2)22(17)21-16/h3-8,11,17,20,23H,9-10,12H2,1-2H3/t17-,20-/m0/s1. The van der Waals surface area contributed by atoms with E-state index < -0.39 is 0 Å². The Morgan fingerprint density at radius 1 is 1.28 bits per heavy atom. The van der Waals surface area contributed by atoms with E-state index in [1.807, 2.05) is 49.0 Å². The van der Waals surface area contributed by atoms with Gasteiger partial charge in [0.05, 0.1) is 11.8 Å². The molecule has 25 heavy (non-hydrogen) atoms. The number of fused-ring (bicyclic) bond motifs is 3. The molecule has 2 aliphatic heterocycles. The van der Waals surface area contributed by atoms with Gasteiger partial charge in [-0.05, 0) is 37.1 Å². The first-order valence-electron chi connectivity index (χ1n) is 8.57. The van der Waals surface area contributed by atoms with E-state index in [2.05, 4.69) is 17.3 Å². The van der Waals surface area contributed by atoms with Crippen molar-refractivity contribution in [3.63, 3.8) is 0 Å². The van der Waals surface area contributed by atoms with Crippen LogP contribution in [-0.4, -0.2) is 34.1 Å². The van der Waals surface area contributed by atoms with Crippen molar-refractivity contribution in [2.24, 2.45) is 5.10 Å². The summed E-state index contributed by atoms with van der Waals surface area (Å²) in [7, 11) is 0. The molecule has 0 amide bonds. The molecule has 130 valence electrons. The summed E-state index contributed by atoms with van der Waals surface area (Å²) in [6, 6.07) is 14.1. The van der Waals surface area contributed by atoms with Crippen LogP contribution in [-0.2, 0) is 0 Å². The van der Waals surface area contributed by atoms with Crippen LogP contribution in [0.2, 0.25) is 0 Å². The van der Waals surface area contributed by atoms with Crippen molar-refractivity contribution >= 4 is 17.5 Å². The van der Waals surface area contributed by atoms with Crippen LogP contribution in [0, 0.1) is 6.92 Å². The molecule has 4 rings (SSSR count). The molecule has 2 aromatic carbocycles. The zero-order valence-corrected chi connectivity index (χ0v) is 15.3. The lowest BCUT2D eigenvalue weighted by atomic mass is 9.95. The predicted octanol–water partition coefficient (Wildman–Crippen LogP) is 4.32. The van der Waals surface area contributed by atoms with Crippen molar-refractivity contribution in [3.8, 4) is 11.5 Å². The Morgan fingerprint density at radius 3 is 2.96 bits per heavy atom. The van der Waals surface area contributed by atoms with Crippen molar-refractivity contribution in [2.45, 2.75) is 32.0 Å². The summed E-state index contributed by atoms with van der Waals surface area (Å²) in [5.74, 6) is 2.27. The van der Waals surface area contributed by atoms with E-state index in [0.717, 1.165) is 41.2 Å². The monoisotopic (exact) mass is 354 g/mol. The van der Waals surface area contributed by atoms with Crippen LogP contribution in [0.25, 0.3) is 0 Å². The van der Waals surface area contributed by atoms with Gasteiger partial charge < -0.3 is 9.84 Å². The molecule has 0 aromatic heterocycles. The first-order chi connectivity index (χ1) is 12.2. The molecular weight excluding hydrogens is 332 g/mol. The largest absolute Gasteiger partial charge is 0.507 e. The van der Waals surface area contributed by atoms with E-state index in [1.165, 1.54) is 5.56 Å². The highest BCUT2D eigenvalue weighted by atomic mass is 32.2. The highest BCUT2D eigenvalue weighted by molar-refractivity contribution is 7.98. The molecule has 2 aromatic rings. The summed E-state index contributed by atoms with van der Waals surface area (Å²) in [5.41, 5.74) is 4.06. The van der Waals surface area contributed by atoms with Gasteiger partial charge in [-0.2, -0.15) is 16.9 Å².